The van der Waals surface area contributed by atoms with Gasteiger partial charge in [0.25, 0.3) is 5.78 Å². The summed E-state index contributed by atoms with van der Waals surface area (Å²) in [6.07, 6.45) is -0.767. The zero-order valence-electron chi connectivity index (χ0n) is 16.2. The van der Waals surface area contributed by atoms with E-state index in [0.29, 0.717) is 11.3 Å². The van der Waals surface area contributed by atoms with Crippen LogP contribution in [-0.4, -0.2) is 41.0 Å². The van der Waals surface area contributed by atoms with E-state index in [1.54, 1.807) is 24.4 Å². The largest absolute Gasteiger partial charge is 0.464 e. The van der Waals surface area contributed by atoms with Crippen LogP contribution in [-0.2, 0) is 14.4 Å². The van der Waals surface area contributed by atoms with Gasteiger partial charge in [-0.1, -0.05) is 36.4 Å². The molecule has 2 atom stereocenters. The maximum absolute atomic E-state index is 13.2. The van der Waals surface area contributed by atoms with E-state index in [9.17, 15) is 15.1 Å². The minimum Gasteiger partial charge on any atom is -0.464 e. The Balaban J connectivity index is 1.65. The fourth-order valence-electron chi connectivity index (χ4n) is 3.51. The third-order valence-electron chi connectivity index (χ3n) is 4.90. The molecular formula is C22H19N3O4S. The molecule has 0 spiro atoms. The quantitative estimate of drug-likeness (QED) is 0.198. The Kier molecular flexibility index (Phi) is 5.72. The third-order valence-corrected chi connectivity index (χ3v) is 5.87. The maximum Gasteiger partial charge on any atom is 0.370 e. The van der Waals surface area contributed by atoms with E-state index < -0.39 is 23.9 Å². The normalized spacial score (nSPS) is 18.2. The number of nitrogens with zero attached hydrogens (tertiary/aromatic N) is 3. The zero-order valence-corrected chi connectivity index (χ0v) is 17.0. The number of benzene rings is 2. The van der Waals surface area contributed by atoms with Crippen molar-refractivity contribution in [2.45, 2.75) is 25.5 Å². The molecule has 3 aromatic rings. The van der Waals surface area contributed by atoms with Gasteiger partial charge in [0.1, 0.15) is 0 Å². The van der Waals surface area contributed by atoms with Gasteiger partial charge in [0.05, 0.1) is 12.3 Å². The van der Waals surface area contributed by atoms with Crippen molar-refractivity contribution in [3.05, 3.63) is 71.1 Å². The van der Waals surface area contributed by atoms with Crippen LogP contribution in [0.2, 0.25) is 0 Å². The van der Waals surface area contributed by atoms with Crippen molar-refractivity contribution in [1.82, 2.24) is 0 Å². The molecule has 4 rings (SSSR count). The number of para-hydroxylation sites is 1. The van der Waals surface area contributed by atoms with Gasteiger partial charge < -0.3 is 10.3 Å². The van der Waals surface area contributed by atoms with E-state index in [1.165, 1.54) is 16.4 Å². The molecule has 2 heterocycles. The average molecular weight is 421 g/mol. The van der Waals surface area contributed by atoms with Crippen molar-refractivity contribution in [3.63, 3.8) is 0 Å². The Morgan fingerprint density at radius 2 is 1.93 bits per heavy atom. The van der Waals surface area contributed by atoms with Crippen LogP contribution in [0, 0.1) is 0 Å². The van der Waals surface area contributed by atoms with Gasteiger partial charge in [0.15, 0.2) is 12.1 Å². The first-order valence-electron chi connectivity index (χ1n) is 9.54. The van der Waals surface area contributed by atoms with Crippen molar-refractivity contribution in [2.75, 3.05) is 11.7 Å². The Bertz CT molecular complexity index is 1140. The molecule has 0 saturated carbocycles. The summed E-state index contributed by atoms with van der Waals surface area (Å²) in [6, 6.07) is 15.8. The predicted octanol–water partition coefficient (Wildman–Crippen LogP) is 3.90. The van der Waals surface area contributed by atoms with Gasteiger partial charge in [-0.25, -0.2) is 9.86 Å². The first kappa shape index (κ1) is 20.0. The van der Waals surface area contributed by atoms with Crippen molar-refractivity contribution < 1.29 is 24.0 Å². The lowest BCUT2D eigenvalue weighted by Crippen LogP contribution is -2.36. The lowest BCUT2D eigenvalue weighted by Gasteiger charge is -2.22. The molecule has 7 nitrogen and oxygen atoms in total. The highest BCUT2D eigenvalue weighted by atomic mass is 32.1. The number of fused-ring (bicyclic) bond motifs is 1. The summed E-state index contributed by atoms with van der Waals surface area (Å²) in [7, 11) is 0. The van der Waals surface area contributed by atoms with E-state index in [1.807, 2.05) is 42.5 Å². The Morgan fingerprint density at radius 1 is 1.20 bits per heavy atom. The maximum atomic E-state index is 13.2. The molecule has 0 unspecified atom stereocenters. The van der Waals surface area contributed by atoms with E-state index in [4.69, 9.17) is 9.57 Å². The number of Topliss-reactive ketones (excluding diaryl/α,β-unsaturated/α-hetero) is 1. The summed E-state index contributed by atoms with van der Waals surface area (Å²) >= 11 is 1.44. The van der Waals surface area contributed by atoms with Crippen molar-refractivity contribution in [3.8, 4) is 0 Å². The first-order valence-corrected chi connectivity index (χ1v) is 10.4. The molecule has 0 amide bonds. The smallest absolute Gasteiger partial charge is 0.370 e. The van der Waals surface area contributed by atoms with Crippen molar-refractivity contribution in [1.29, 1.82) is 0 Å². The van der Waals surface area contributed by atoms with Gasteiger partial charge in [-0.05, 0) is 25.1 Å². The predicted molar refractivity (Wildman–Crippen MR) is 114 cm³/mol. The van der Waals surface area contributed by atoms with E-state index in [2.05, 4.69) is 4.79 Å². The van der Waals surface area contributed by atoms with Crippen LogP contribution in [0.3, 0.4) is 0 Å². The Morgan fingerprint density at radius 3 is 2.67 bits per heavy atom. The number of anilines is 1. The number of thiophene rings is 1. The number of carbonyl (C=O) groups is 2. The highest BCUT2D eigenvalue weighted by Gasteiger charge is 2.47. The van der Waals surface area contributed by atoms with E-state index >= 15 is 0 Å². The number of carbonyl (C=O) groups excluding carboxylic acids is 2. The van der Waals surface area contributed by atoms with E-state index in [-0.39, 0.29) is 18.7 Å². The third kappa shape index (κ3) is 3.64. The van der Waals surface area contributed by atoms with Gasteiger partial charge in [0.2, 0.25) is 0 Å². The van der Waals surface area contributed by atoms with E-state index in [0.717, 1.165) is 10.1 Å². The molecule has 1 saturated heterocycles. The summed E-state index contributed by atoms with van der Waals surface area (Å²) < 4.78 is 6.14. The van der Waals surface area contributed by atoms with Crippen LogP contribution in [0.1, 0.15) is 23.7 Å². The minimum atomic E-state index is -0.893. The molecule has 8 heteroatoms. The lowest BCUT2D eigenvalue weighted by molar-refractivity contribution is -0.145. The molecule has 0 N–H and O–H groups in total. The molecule has 0 radical (unpaired) electrons. The number of hydrogen-bond acceptors (Lipinski definition) is 6. The Labute approximate surface area is 177 Å². The standard InChI is InChI=1S/C22H19N3O4S/c1-2-28-22(27)17-12-18(29-25(17)14-8-4-3-5-9-14)20(24-23)21(26)16-13-30-19-11-7-6-10-15(16)19/h3-11,13,17-18H,2,12H2,1H3/t17-,18+/m1/s1. The van der Waals surface area contributed by atoms with Crippen LogP contribution in [0.5, 0.6) is 0 Å². The van der Waals surface area contributed by atoms with Gasteiger partial charge >= 0.3 is 11.7 Å². The fourth-order valence-corrected chi connectivity index (χ4v) is 4.45. The average Bonchev–Trinajstić information content (AvgIpc) is 3.40. The second-order valence-corrected chi connectivity index (χ2v) is 7.63. The summed E-state index contributed by atoms with van der Waals surface area (Å²) in [4.78, 5) is 34.9. The molecule has 1 aliphatic rings. The number of rotatable bonds is 6. The molecule has 0 bridgehead atoms. The lowest BCUT2D eigenvalue weighted by atomic mass is 9.99. The highest BCUT2D eigenvalue weighted by Crippen LogP contribution is 2.31. The van der Waals surface area contributed by atoms with Gasteiger partial charge in [-0.2, -0.15) is 4.79 Å². The number of ether oxygens (including phenoxy) is 1. The second kappa shape index (κ2) is 8.59. The van der Waals surface area contributed by atoms with Gasteiger partial charge in [-0.15, -0.1) is 11.3 Å². The van der Waals surface area contributed by atoms with Crippen LogP contribution < -0.4 is 5.06 Å². The summed E-state index contributed by atoms with van der Waals surface area (Å²) in [6.45, 7) is 1.95. The molecule has 2 aromatic carbocycles. The summed E-state index contributed by atoms with van der Waals surface area (Å²) in [5.74, 6) is -0.896. The molecule has 1 fully saturated rings. The van der Waals surface area contributed by atoms with Crippen LogP contribution >= 0.6 is 11.3 Å². The van der Waals surface area contributed by atoms with Crippen molar-refractivity contribution in [2.24, 2.45) is 0 Å². The van der Waals surface area contributed by atoms with Crippen LogP contribution in [0.15, 0.2) is 60.0 Å². The fraction of sp³-hybridized carbons (Fsp3) is 0.227. The van der Waals surface area contributed by atoms with Crippen LogP contribution in [0.25, 0.3) is 15.6 Å². The number of esters is 1. The molecule has 30 heavy (non-hydrogen) atoms. The Hall–Kier alpha value is -3.32. The first-order chi connectivity index (χ1) is 14.6. The SMILES string of the molecule is CCOC(=O)[C@H]1C[C@@H](C(=[N+]=[N-])C(=O)c2csc3ccccc23)ON1c1ccccc1. The number of hydrogen-bond donors (Lipinski definition) is 0. The highest BCUT2D eigenvalue weighted by molar-refractivity contribution is 7.17. The molecule has 1 aliphatic heterocycles. The molecule has 152 valence electrons. The second-order valence-electron chi connectivity index (χ2n) is 6.72. The summed E-state index contributed by atoms with van der Waals surface area (Å²) in [5.41, 5.74) is 10.6. The molecular weight excluding hydrogens is 402 g/mol. The monoisotopic (exact) mass is 421 g/mol. The van der Waals surface area contributed by atoms with Crippen molar-refractivity contribution >= 4 is 44.6 Å². The molecule has 0 aliphatic carbocycles. The topological polar surface area (TPSA) is 92.2 Å². The number of ketones is 1. The summed E-state index contributed by atoms with van der Waals surface area (Å²) in [5, 5.41) is 3.95. The van der Waals surface area contributed by atoms with Gasteiger partial charge in [0, 0.05) is 27.5 Å². The molecule has 1 aromatic heterocycles. The van der Waals surface area contributed by atoms with Gasteiger partial charge in [-0.3, -0.25) is 9.63 Å². The van der Waals surface area contributed by atoms with Crippen LogP contribution in [0.4, 0.5) is 5.69 Å². The number of hydroxylamine groups is 1. The zero-order chi connectivity index (χ0) is 21.1. The minimum absolute atomic E-state index is 0.126.